The zero-order valence-electron chi connectivity index (χ0n) is 24.4. The summed E-state index contributed by atoms with van der Waals surface area (Å²) in [6.07, 6.45) is 2.97. The van der Waals surface area contributed by atoms with Gasteiger partial charge in [0.05, 0.1) is 15.9 Å². The topological polar surface area (TPSA) is 176 Å². The fourth-order valence-electron chi connectivity index (χ4n) is 4.05. The van der Waals surface area contributed by atoms with Crippen LogP contribution in [-0.2, 0) is 36.0 Å². The van der Waals surface area contributed by atoms with Crippen LogP contribution in [0.15, 0.2) is 59.6 Å². The maximum Gasteiger partial charge on any atom is 0.264 e. The molecule has 0 saturated heterocycles. The number of hydrogen-bond acceptors (Lipinski definition) is 10. The van der Waals surface area contributed by atoms with Crippen molar-refractivity contribution in [1.82, 2.24) is 20.0 Å². The molecule has 3 aromatic rings. The number of rotatable bonds is 13. The molecule has 0 spiro atoms. The predicted octanol–water partition coefficient (Wildman–Crippen LogP) is 3.56. The normalized spacial score (nSPS) is 14.2. The highest BCUT2D eigenvalue weighted by Gasteiger charge is 2.37. The summed E-state index contributed by atoms with van der Waals surface area (Å²) < 4.78 is 51.8. The lowest BCUT2D eigenvalue weighted by molar-refractivity contribution is -0.124. The number of sulfonamides is 1. The van der Waals surface area contributed by atoms with Crippen molar-refractivity contribution in [2.45, 2.75) is 57.2 Å². The molecule has 1 atom stereocenters. The third-order valence-electron chi connectivity index (χ3n) is 6.75. The van der Waals surface area contributed by atoms with Crippen molar-refractivity contribution >= 4 is 54.8 Å². The monoisotopic (exact) mass is 628 g/mol. The number of aromatic nitrogens is 2. The Bertz CT molecular complexity index is 1720. The minimum atomic E-state index is -4.05. The largest absolute Gasteiger partial charge is 0.352 e. The Balaban J connectivity index is 1.40. The van der Waals surface area contributed by atoms with Gasteiger partial charge in [0.25, 0.3) is 10.0 Å². The smallest absolute Gasteiger partial charge is 0.264 e. The average Bonchev–Trinajstić information content (AvgIpc) is 3.80. The van der Waals surface area contributed by atoms with Gasteiger partial charge in [-0.05, 0) is 55.7 Å². The summed E-state index contributed by atoms with van der Waals surface area (Å²) in [6, 6.07) is 13.3. The molecule has 0 radical (unpaired) electrons. The Labute approximate surface area is 252 Å². The van der Waals surface area contributed by atoms with Crippen LogP contribution in [0.4, 0.5) is 23.1 Å². The van der Waals surface area contributed by atoms with Crippen LogP contribution in [0.25, 0.3) is 0 Å². The highest BCUT2D eigenvalue weighted by molar-refractivity contribution is 7.92. The van der Waals surface area contributed by atoms with E-state index in [1.165, 1.54) is 12.1 Å². The van der Waals surface area contributed by atoms with E-state index < -0.39 is 37.6 Å². The predicted molar refractivity (Wildman–Crippen MR) is 164 cm³/mol. The second-order valence-corrected chi connectivity index (χ2v) is 15.0. The van der Waals surface area contributed by atoms with Gasteiger partial charge in [0, 0.05) is 41.5 Å². The van der Waals surface area contributed by atoms with E-state index in [0.717, 1.165) is 11.1 Å². The number of hydrogen-bond donors (Lipinski definition) is 4. The van der Waals surface area contributed by atoms with Crippen molar-refractivity contribution in [3.05, 3.63) is 65.9 Å². The second-order valence-electron chi connectivity index (χ2n) is 11.0. The summed E-state index contributed by atoms with van der Waals surface area (Å²) >= 11 is 0. The van der Waals surface area contributed by atoms with Gasteiger partial charge < -0.3 is 16.0 Å². The summed E-state index contributed by atoms with van der Waals surface area (Å²) in [5.74, 6) is -1.48. The van der Waals surface area contributed by atoms with Gasteiger partial charge in [0.1, 0.15) is 5.82 Å². The summed E-state index contributed by atoms with van der Waals surface area (Å²) in [6.45, 7) is 6.89. The van der Waals surface area contributed by atoms with Crippen molar-refractivity contribution in [1.29, 1.82) is 0 Å². The van der Waals surface area contributed by atoms with Crippen LogP contribution in [-0.4, -0.2) is 49.6 Å². The molecule has 0 bridgehead atoms. The van der Waals surface area contributed by atoms with Crippen LogP contribution >= 0.6 is 0 Å². The Hall–Kier alpha value is -4.04. The third kappa shape index (κ3) is 8.74. The van der Waals surface area contributed by atoms with Crippen molar-refractivity contribution in [2.75, 3.05) is 16.4 Å². The molecule has 1 aliphatic carbocycles. The first kappa shape index (κ1) is 31.9. The van der Waals surface area contributed by atoms with Crippen molar-refractivity contribution in [2.24, 2.45) is 11.8 Å². The lowest BCUT2D eigenvalue weighted by Crippen LogP contribution is -2.33. The average molecular weight is 629 g/mol. The minimum Gasteiger partial charge on any atom is -0.352 e. The molecule has 12 nitrogen and oxygen atoms in total. The van der Waals surface area contributed by atoms with Crippen molar-refractivity contribution < 1.29 is 26.4 Å². The summed E-state index contributed by atoms with van der Waals surface area (Å²) in [4.78, 5) is 33.2. The quantitative estimate of drug-likeness (QED) is 0.219. The molecule has 1 heterocycles. The molecule has 2 amide bonds. The standard InChI is InChI=1S/C29H36N6O6S2/c1-18(2)27(36)35-43(40,41)25-10-6-9-23(14-25)33-29-31-15-19(3)26(34-29)32-22-8-5-7-21(13-22)16-30-28(37)20(4)17-42(38,39)24-11-12-24/h5-10,13-15,18,20,24H,11-12,16-17H2,1-4H3,(H,30,37)(H,35,36)(H2,31,32,33,34). The molecule has 1 fully saturated rings. The number of carbonyl (C=O) groups is 2. The fourth-order valence-corrected chi connectivity index (χ4v) is 7.19. The van der Waals surface area contributed by atoms with Gasteiger partial charge in [0.2, 0.25) is 17.8 Å². The molecule has 14 heteroatoms. The second kappa shape index (κ2) is 13.1. The van der Waals surface area contributed by atoms with E-state index in [0.29, 0.717) is 30.0 Å². The maximum absolute atomic E-state index is 12.6. The Morgan fingerprint density at radius 3 is 2.28 bits per heavy atom. The number of aryl methyl sites for hydroxylation is 1. The van der Waals surface area contributed by atoms with E-state index in [4.69, 9.17) is 0 Å². The third-order valence-corrected chi connectivity index (χ3v) is 10.5. The zero-order valence-corrected chi connectivity index (χ0v) is 26.1. The number of sulfone groups is 1. The number of anilines is 4. The molecule has 1 saturated carbocycles. The number of amides is 2. The maximum atomic E-state index is 12.6. The fraction of sp³-hybridized carbons (Fsp3) is 0.379. The molecule has 2 aromatic carbocycles. The van der Waals surface area contributed by atoms with E-state index >= 15 is 0 Å². The first-order valence-electron chi connectivity index (χ1n) is 13.9. The van der Waals surface area contributed by atoms with E-state index in [9.17, 15) is 26.4 Å². The van der Waals surface area contributed by atoms with Crippen LogP contribution in [0.5, 0.6) is 0 Å². The van der Waals surface area contributed by atoms with Gasteiger partial charge in [0.15, 0.2) is 9.84 Å². The van der Waals surface area contributed by atoms with Gasteiger partial charge in [-0.2, -0.15) is 4.98 Å². The Morgan fingerprint density at radius 1 is 0.930 bits per heavy atom. The van der Waals surface area contributed by atoms with E-state index in [1.807, 2.05) is 31.2 Å². The van der Waals surface area contributed by atoms with E-state index in [1.54, 1.807) is 39.1 Å². The molecule has 230 valence electrons. The number of nitrogens with zero attached hydrogens (tertiary/aromatic N) is 2. The van der Waals surface area contributed by atoms with Crippen LogP contribution in [0.2, 0.25) is 0 Å². The van der Waals surface area contributed by atoms with Crippen LogP contribution in [0.1, 0.15) is 44.7 Å². The first-order valence-corrected chi connectivity index (χ1v) is 17.1. The van der Waals surface area contributed by atoms with Gasteiger partial charge in [-0.3, -0.25) is 9.59 Å². The molecule has 1 aromatic heterocycles. The highest BCUT2D eigenvalue weighted by atomic mass is 32.2. The minimum absolute atomic E-state index is 0.0835. The Morgan fingerprint density at radius 2 is 1.60 bits per heavy atom. The Kier molecular flexibility index (Phi) is 9.70. The molecule has 1 unspecified atom stereocenters. The van der Waals surface area contributed by atoms with Crippen LogP contribution in [0.3, 0.4) is 0 Å². The highest BCUT2D eigenvalue weighted by Crippen LogP contribution is 2.30. The van der Waals surface area contributed by atoms with Crippen LogP contribution < -0.4 is 20.7 Å². The molecule has 4 N–H and O–H groups in total. The van der Waals surface area contributed by atoms with E-state index in [-0.39, 0.29) is 34.3 Å². The molecule has 43 heavy (non-hydrogen) atoms. The number of nitrogens with one attached hydrogen (secondary N) is 4. The summed E-state index contributed by atoms with van der Waals surface area (Å²) in [7, 11) is -7.28. The van der Waals surface area contributed by atoms with Gasteiger partial charge in [-0.1, -0.05) is 39.0 Å². The summed E-state index contributed by atoms with van der Waals surface area (Å²) in [5.41, 5.74) is 2.68. The van der Waals surface area contributed by atoms with Crippen LogP contribution in [0, 0.1) is 18.8 Å². The molecular weight excluding hydrogens is 592 g/mol. The van der Waals surface area contributed by atoms with Crippen molar-refractivity contribution in [3.8, 4) is 0 Å². The zero-order chi connectivity index (χ0) is 31.4. The number of carbonyl (C=O) groups excluding carboxylic acids is 2. The van der Waals surface area contributed by atoms with Gasteiger partial charge in [-0.25, -0.2) is 26.5 Å². The molecular formula is C29H36N6O6S2. The van der Waals surface area contributed by atoms with Gasteiger partial charge >= 0.3 is 0 Å². The molecule has 4 rings (SSSR count). The SMILES string of the molecule is Cc1cnc(Nc2cccc(S(=O)(=O)NC(=O)C(C)C)c2)nc1Nc1cccc(CNC(=O)C(C)CS(=O)(=O)C2CC2)c1. The van der Waals surface area contributed by atoms with E-state index in [2.05, 4.69) is 30.6 Å². The lowest BCUT2D eigenvalue weighted by atomic mass is 10.1. The van der Waals surface area contributed by atoms with Crippen molar-refractivity contribution in [3.63, 3.8) is 0 Å². The summed E-state index contributed by atoms with van der Waals surface area (Å²) in [5, 5.41) is 8.76. The lowest BCUT2D eigenvalue weighted by Gasteiger charge is -2.14. The first-order chi connectivity index (χ1) is 20.2. The number of benzene rings is 2. The molecule has 0 aliphatic heterocycles. The van der Waals surface area contributed by atoms with Gasteiger partial charge in [-0.15, -0.1) is 0 Å². The molecule has 1 aliphatic rings.